The summed E-state index contributed by atoms with van der Waals surface area (Å²) < 4.78 is 5.02. The average molecular weight is 207 g/mol. The summed E-state index contributed by atoms with van der Waals surface area (Å²) in [7, 11) is 1.60. The lowest BCUT2D eigenvalue weighted by Gasteiger charge is -2.07. The molecule has 1 aliphatic rings. The van der Waals surface area contributed by atoms with E-state index in [-0.39, 0.29) is 0 Å². The Balaban J connectivity index is 1.95. The number of rotatable bonds is 4. The Labute approximate surface area is 90.1 Å². The van der Waals surface area contributed by atoms with E-state index in [9.17, 15) is 5.11 Å². The number of methoxy groups -OCH3 is 1. The maximum atomic E-state index is 9.70. The number of phenolic OH excluding ortho intramolecular Hbond substituents is 1. The normalized spacial score (nSPS) is 23.9. The highest BCUT2D eigenvalue weighted by molar-refractivity contribution is 5.39. The summed E-state index contributed by atoms with van der Waals surface area (Å²) in [5, 5.41) is 13.1. The topological polar surface area (TPSA) is 41.5 Å². The number of ether oxygens (including phenoxy) is 1. The number of hydrogen-bond donors (Lipinski definition) is 2. The van der Waals surface area contributed by atoms with Crippen molar-refractivity contribution < 1.29 is 9.84 Å². The van der Waals surface area contributed by atoms with Crippen molar-refractivity contribution in [1.82, 2.24) is 5.32 Å². The van der Waals surface area contributed by atoms with Crippen LogP contribution in [0.4, 0.5) is 0 Å². The van der Waals surface area contributed by atoms with Crippen molar-refractivity contribution in [2.45, 2.75) is 25.9 Å². The maximum absolute atomic E-state index is 9.70. The Bertz CT molecular complexity index is 351. The summed E-state index contributed by atoms with van der Waals surface area (Å²) in [6.07, 6.45) is 1.25. The van der Waals surface area contributed by atoms with E-state index >= 15 is 0 Å². The number of aromatic hydroxyl groups is 1. The highest BCUT2D eigenvalue weighted by Crippen LogP contribution is 2.30. The predicted molar refractivity (Wildman–Crippen MR) is 59.1 cm³/mol. The molecule has 0 amide bonds. The van der Waals surface area contributed by atoms with E-state index in [2.05, 4.69) is 12.2 Å². The molecular formula is C12H17NO2. The smallest absolute Gasteiger partial charge is 0.123 e. The molecular weight excluding hydrogens is 190 g/mol. The van der Waals surface area contributed by atoms with Crippen LogP contribution in [0.15, 0.2) is 18.2 Å². The van der Waals surface area contributed by atoms with Crippen molar-refractivity contribution >= 4 is 0 Å². The van der Waals surface area contributed by atoms with Crippen LogP contribution in [0.1, 0.15) is 18.9 Å². The second-order valence-corrected chi connectivity index (χ2v) is 4.20. The molecule has 3 nitrogen and oxygen atoms in total. The van der Waals surface area contributed by atoms with Gasteiger partial charge in [0, 0.05) is 24.2 Å². The maximum Gasteiger partial charge on any atom is 0.123 e. The summed E-state index contributed by atoms with van der Waals surface area (Å²) in [5.74, 6) is 1.77. The third kappa shape index (κ3) is 2.42. The van der Waals surface area contributed by atoms with E-state index in [1.165, 1.54) is 6.42 Å². The lowest BCUT2D eigenvalue weighted by Crippen LogP contribution is -2.17. The van der Waals surface area contributed by atoms with Crippen molar-refractivity contribution in [3.8, 4) is 11.5 Å². The zero-order valence-electron chi connectivity index (χ0n) is 9.16. The molecule has 0 aliphatic heterocycles. The number of benzene rings is 1. The van der Waals surface area contributed by atoms with Gasteiger partial charge in [0.05, 0.1) is 7.11 Å². The van der Waals surface area contributed by atoms with Gasteiger partial charge in [0.25, 0.3) is 0 Å². The largest absolute Gasteiger partial charge is 0.507 e. The fraction of sp³-hybridized carbons (Fsp3) is 0.500. The van der Waals surface area contributed by atoms with Gasteiger partial charge in [-0.05, 0) is 18.4 Å². The van der Waals surface area contributed by atoms with Crippen LogP contribution < -0.4 is 10.1 Å². The minimum atomic E-state index is 0.301. The van der Waals surface area contributed by atoms with Crippen LogP contribution in [-0.4, -0.2) is 18.3 Å². The van der Waals surface area contributed by atoms with Gasteiger partial charge < -0.3 is 15.2 Å². The molecule has 2 unspecified atom stereocenters. The summed E-state index contributed by atoms with van der Waals surface area (Å²) in [4.78, 5) is 0. The van der Waals surface area contributed by atoms with Crippen LogP contribution in [0.25, 0.3) is 0 Å². The first kappa shape index (κ1) is 10.3. The van der Waals surface area contributed by atoms with E-state index < -0.39 is 0 Å². The van der Waals surface area contributed by atoms with Crippen LogP contribution in [-0.2, 0) is 6.54 Å². The molecule has 1 fully saturated rings. The zero-order chi connectivity index (χ0) is 10.8. The van der Waals surface area contributed by atoms with Crippen molar-refractivity contribution in [1.29, 1.82) is 0 Å². The second-order valence-electron chi connectivity index (χ2n) is 4.20. The van der Waals surface area contributed by atoms with E-state index in [1.807, 2.05) is 12.1 Å². The first-order valence-corrected chi connectivity index (χ1v) is 5.30. The third-order valence-electron chi connectivity index (χ3n) is 2.96. The highest BCUT2D eigenvalue weighted by Gasteiger charge is 2.31. The van der Waals surface area contributed by atoms with Crippen molar-refractivity contribution in [2.75, 3.05) is 7.11 Å². The van der Waals surface area contributed by atoms with E-state index in [1.54, 1.807) is 13.2 Å². The molecule has 15 heavy (non-hydrogen) atoms. The Hall–Kier alpha value is -1.22. The van der Waals surface area contributed by atoms with Gasteiger partial charge in [0.1, 0.15) is 11.5 Å². The van der Waals surface area contributed by atoms with Crippen LogP contribution in [0.5, 0.6) is 11.5 Å². The first-order chi connectivity index (χ1) is 7.20. The molecule has 0 spiro atoms. The van der Waals surface area contributed by atoms with Crippen LogP contribution in [0, 0.1) is 5.92 Å². The summed E-state index contributed by atoms with van der Waals surface area (Å²) in [6, 6.07) is 6.04. The first-order valence-electron chi connectivity index (χ1n) is 5.30. The SMILES string of the molecule is COc1ccc(CNC2CC2C)c(O)c1. The standard InChI is InChI=1S/C12H17NO2/c1-8-5-11(8)13-7-9-3-4-10(15-2)6-12(9)14/h3-4,6,8,11,13-14H,5,7H2,1-2H3. The Kier molecular flexibility index (Phi) is 2.82. The van der Waals surface area contributed by atoms with Crippen molar-refractivity contribution in [2.24, 2.45) is 5.92 Å². The molecule has 3 heteroatoms. The molecule has 1 aliphatic carbocycles. The third-order valence-corrected chi connectivity index (χ3v) is 2.96. The van der Waals surface area contributed by atoms with Gasteiger partial charge >= 0.3 is 0 Å². The van der Waals surface area contributed by atoms with Gasteiger partial charge in [-0.3, -0.25) is 0 Å². The molecule has 1 saturated carbocycles. The minimum absolute atomic E-state index is 0.301. The van der Waals surface area contributed by atoms with Gasteiger partial charge in [0.2, 0.25) is 0 Å². The lowest BCUT2D eigenvalue weighted by molar-refractivity contribution is 0.406. The van der Waals surface area contributed by atoms with Gasteiger partial charge in [-0.15, -0.1) is 0 Å². The Morgan fingerprint density at radius 2 is 2.27 bits per heavy atom. The van der Waals surface area contributed by atoms with Crippen molar-refractivity contribution in [3.63, 3.8) is 0 Å². The van der Waals surface area contributed by atoms with Crippen LogP contribution in [0.3, 0.4) is 0 Å². The molecule has 1 aromatic rings. The molecule has 0 radical (unpaired) electrons. The van der Waals surface area contributed by atoms with Gasteiger partial charge in [0.15, 0.2) is 0 Å². The van der Waals surface area contributed by atoms with Gasteiger partial charge in [-0.2, -0.15) is 0 Å². The molecule has 2 N–H and O–H groups in total. The monoisotopic (exact) mass is 207 g/mol. The molecule has 1 aromatic carbocycles. The summed E-state index contributed by atoms with van der Waals surface area (Å²) in [6.45, 7) is 2.95. The quantitative estimate of drug-likeness (QED) is 0.792. The van der Waals surface area contributed by atoms with Gasteiger partial charge in [-0.1, -0.05) is 13.0 Å². The summed E-state index contributed by atoms with van der Waals surface area (Å²) in [5.41, 5.74) is 0.926. The molecule has 0 aromatic heterocycles. The second kappa shape index (κ2) is 4.11. The molecule has 2 atom stereocenters. The van der Waals surface area contributed by atoms with E-state index in [0.29, 0.717) is 17.5 Å². The molecule has 2 rings (SSSR count). The summed E-state index contributed by atoms with van der Waals surface area (Å²) >= 11 is 0. The zero-order valence-corrected chi connectivity index (χ0v) is 9.16. The van der Waals surface area contributed by atoms with Crippen LogP contribution >= 0.6 is 0 Å². The Morgan fingerprint density at radius 1 is 1.53 bits per heavy atom. The number of hydrogen-bond acceptors (Lipinski definition) is 3. The van der Waals surface area contributed by atoms with E-state index in [4.69, 9.17) is 4.74 Å². The lowest BCUT2D eigenvalue weighted by atomic mass is 10.2. The van der Waals surface area contributed by atoms with E-state index in [0.717, 1.165) is 18.0 Å². The van der Waals surface area contributed by atoms with Crippen molar-refractivity contribution in [3.05, 3.63) is 23.8 Å². The van der Waals surface area contributed by atoms with Crippen LogP contribution in [0.2, 0.25) is 0 Å². The average Bonchev–Trinajstić information content (AvgIpc) is 2.93. The molecule has 0 saturated heterocycles. The fourth-order valence-electron chi connectivity index (χ4n) is 1.67. The molecule has 0 bridgehead atoms. The molecule has 82 valence electrons. The minimum Gasteiger partial charge on any atom is -0.507 e. The molecule has 0 heterocycles. The highest BCUT2D eigenvalue weighted by atomic mass is 16.5. The predicted octanol–water partition coefficient (Wildman–Crippen LogP) is 1.90. The fourth-order valence-corrected chi connectivity index (χ4v) is 1.67. The van der Waals surface area contributed by atoms with Gasteiger partial charge in [-0.25, -0.2) is 0 Å². The number of phenols is 1. The Morgan fingerprint density at radius 3 is 2.80 bits per heavy atom. The number of nitrogens with one attached hydrogen (secondary N) is 1.